The molecule has 4 aliphatic rings. The van der Waals surface area contributed by atoms with Crippen LogP contribution in [-0.4, -0.2) is 55.4 Å². The van der Waals surface area contributed by atoms with E-state index in [2.05, 4.69) is 0 Å². The highest BCUT2D eigenvalue weighted by molar-refractivity contribution is 8.24. The number of nitrogens with zero attached hydrogens (tertiary/aromatic N) is 1. The second-order valence-electron chi connectivity index (χ2n) is 11.6. The Balaban J connectivity index is 1.45. The average molecular weight is 598 g/mol. The lowest BCUT2D eigenvalue weighted by Crippen LogP contribution is -2.56. The van der Waals surface area contributed by atoms with Crippen LogP contribution in [0.1, 0.15) is 56.8 Å². The number of carbonyl (C=O) groups excluding carboxylic acids is 2. The molecule has 41 heavy (non-hydrogen) atoms. The minimum absolute atomic E-state index is 0.0135. The smallest absolute Gasteiger partial charge is 0.302 e. The first-order valence-electron chi connectivity index (χ1n) is 14.4. The van der Waals surface area contributed by atoms with Gasteiger partial charge in [0.1, 0.15) is 23.0 Å². The summed E-state index contributed by atoms with van der Waals surface area (Å²) in [7, 11) is 5.18. The number of thioether (sulfide) groups is 1. The molecule has 1 heterocycles. The molecule has 1 aromatic heterocycles. The normalized spacial score (nSPS) is 24.7. The number of amides is 1. The number of ether oxygens (including phenoxy) is 3. The Morgan fingerprint density at radius 2 is 1.66 bits per heavy atom. The number of aryl methyl sites for hydroxylation is 1. The minimum Gasteiger partial charge on any atom is -0.497 e. The first-order chi connectivity index (χ1) is 19.8. The van der Waals surface area contributed by atoms with Gasteiger partial charge in [0.15, 0.2) is 0 Å². The van der Waals surface area contributed by atoms with Crippen LogP contribution in [0.5, 0.6) is 11.5 Å². The predicted octanol–water partition coefficient (Wildman–Crippen LogP) is 6.77. The van der Waals surface area contributed by atoms with E-state index in [-0.39, 0.29) is 17.9 Å². The lowest BCUT2D eigenvalue weighted by molar-refractivity contribution is -0.141. The van der Waals surface area contributed by atoms with Crippen LogP contribution in [0.25, 0.3) is 17.4 Å². The highest BCUT2D eigenvalue weighted by atomic mass is 32.2. The highest BCUT2D eigenvalue weighted by Gasteiger charge is 2.50. The summed E-state index contributed by atoms with van der Waals surface area (Å²) in [6.07, 6.45) is 9.41. The number of furan rings is 1. The second-order valence-corrected chi connectivity index (χ2v) is 13.1. The van der Waals surface area contributed by atoms with Crippen molar-refractivity contribution < 1.29 is 28.2 Å². The molecule has 220 valence electrons. The van der Waals surface area contributed by atoms with Gasteiger partial charge in [-0.1, -0.05) is 24.0 Å². The molecule has 6 rings (SSSR count). The van der Waals surface area contributed by atoms with Crippen LogP contribution < -0.4 is 9.47 Å². The fourth-order valence-corrected chi connectivity index (χ4v) is 8.32. The zero-order valence-electron chi connectivity index (χ0n) is 24.2. The van der Waals surface area contributed by atoms with E-state index in [1.54, 1.807) is 20.3 Å². The zero-order chi connectivity index (χ0) is 29.1. The Morgan fingerprint density at radius 3 is 2.22 bits per heavy atom. The lowest BCUT2D eigenvalue weighted by Gasteiger charge is -2.56. The number of esters is 1. The van der Waals surface area contributed by atoms with Crippen LogP contribution in [0.15, 0.2) is 33.6 Å². The maximum absolute atomic E-state index is 14.0. The third kappa shape index (κ3) is 6.67. The van der Waals surface area contributed by atoms with Crippen LogP contribution in [0, 0.1) is 23.7 Å². The van der Waals surface area contributed by atoms with Crippen molar-refractivity contribution in [1.82, 2.24) is 4.90 Å². The molecule has 4 aliphatic carbocycles. The quantitative estimate of drug-likeness (QED) is 0.115. The number of carbonyl (C=O) groups is 2. The van der Waals surface area contributed by atoms with Crippen molar-refractivity contribution >= 4 is 46.6 Å². The number of rotatable bonds is 12. The van der Waals surface area contributed by atoms with Crippen molar-refractivity contribution in [3.63, 3.8) is 0 Å². The monoisotopic (exact) mass is 597 g/mol. The Labute approximate surface area is 252 Å². The molecule has 9 heteroatoms. The Bertz CT molecular complexity index is 1270. The summed E-state index contributed by atoms with van der Waals surface area (Å²) in [5.74, 6) is 5.06. The summed E-state index contributed by atoms with van der Waals surface area (Å²) in [6.45, 7) is 1.71. The van der Waals surface area contributed by atoms with Crippen molar-refractivity contribution in [2.24, 2.45) is 23.7 Å². The number of thiocarbonyl (C=S) groups is 1. The highest BCUT2D eigenvalue weighted by Crippen LogP contribution is 2.55. The molecular weight excluding hydrogens is 558 g/mol. The van der Waals surface area contributed by atoms with Gasteiger partial charge in [0.25, 0.3) is 5.91 Å². The molecule has 4 fully saturated rings. The van der Waals surface area contributed by atoms with Gasteiger partial charge in [-0.15, -0.1) is 0 Å². The topological polar surface area (TPSA) is 78.2 Å². The largest absolute Gasteiger partial charge is 0.497 e. The van der Waals surface area contributed by atoms with Crippen LogP contribution in [0.4, 0.5) is 0 Å². The summed E-state index contributed by atoms with van der Waals surface area (Å²) in [5.41, 5.74) is 1.71. The summed E-state index contributed by atoms with van der Waals surface area (Å²) < 4.78 is 24.0. The van der Waals surface area contributed by atoms with Gasteiger partial charge in [0, 0.05) is 42.4 Å². The molecule has 0 aliphatic heterocycles. The van der Waals surface area contributed by atoms with Gasteiger partial charge >= 0.3 is 5.97 Å². The van der Waals surface area contributed by atoms with Crippen molar-refractivity contribution in [2.75, 3.05) is 27.9 Å². The van der Waals surface area contributed by atoms with E-state index >= 15 is 0 Å². The zero-order valence-corrected chi connectivity index (χ0v) is 25.9. The molecule has 4 saturated carbocycles. The number of hydrogen-bond acceptors (Lipinski definition) is 8. The van der Waals surface area contributed by atoms with Gasteiger partial charge < -0.3 is 23.5 Å². The number of likely N-dealkylation sites (N-methyl/N-ethyl adjacent to an activating group) is 1. The maximum Gasteiger partial charge on any atom is 0.302 e. The first-order valence-corrected chi connectivity index (χ1v) is 15.7. The SMILES string of the molecule is COc1cc(OC)cc(-c2cc(CCCOC(C)=O)c(/C=C(\SC=S)C(=O)N(C)C3C4CC5CC(C4)CC3C5)o2)c1. The molecule has 0 saturated heterocycles. The van der Waals surface area contributed by atoms with Crippen molar-refractivity contribution in [2.45, 2.75) is 57.9 Å². The van der Waals surface area contributed by atoms with Gasteiger partial charge in [-0.3, -0.25) is 9.59 Å². The summed E-state index contributed by atoms with van der Waals surface area (Å²) in [5, 5.41) is 0. The predicted molar refractivity (Wildman–Crippen MR) is 165 cm³/mol. The molecule has 4 bridgehead atoms. The molecule has 0 unspecified atom stereocenters. The van der Waals surface area contributed by atoms with Crippen molar-refractivity contribution in [1.29, 1.82) is 0 Å². The van der Waals surface area contributed by atoms with Crippen LogP contribution >= 0.6 is 24.0 Å². The fourth-order valence-electron chi connectivity index (χ4n) is 7.49. The molecular formula is C32H39NO6S2. The number of methoxy groups -OCH3 is 2. The fraction of sp³-hybridized carbons (Fsp3) is 0.531. The van der Waals surface area contributed by atoms with Gasteiger partial charge in [0.2, 0.25) is 0 Å². The minimum atomic E-state index is -0.306. The maximum atomic E-state index is 14.0. The lowest BCUT2D eigenvalue weighted by atomic mass is 9.54. The number of benzene rings is 1. The first kappa shape index (κ1) is 29.7. The van der Waals surface area contributed by atoms with E-state index in [4.69, 9.17) is 30.8 Å². The van der Waals surface area contributed by atoms with E-state index in [1.807, 2.05) is 36.2 Å². The Morgan fingerprint density at radius 1 is 1.02 bits per heavy atom. The van der Waals surface area contributed by atoms with Gasteiger partial charge in [-0.25, -0.2) is 0 Å². The van der Waals surface area contributed by atoms with E-state index in [1.165, 1.54) is 55.5 Å². The van der Waals surface area contributed by atoms with Gasteiger partial charge in [-0.05, 0) is 92.4 Å². The van der Waals surface area contributed by atoms with E-state index < -0.39 is 0 Å². The second kappa shape index (κ2) is 13.0. The van der Waals surface area contributed by atoms with Crippen LogP contribution in [-0.2, 0) is 20.7 Å². The molecule has 2 aromatic rings. The molecule has 7 nitrogen and oxygen atoms in total. The van der Waals surface area contributed by atoms with E-state index in [0.717, 1.165) is 23.0 Å². The van der Waals surface area contributed by atoms with Crippen molar-refractivity contribution in [3.05, 3.63) is 40.5 Å². The Kier molecular flexibility index (Phi) is 9.44. The molecule has 1 amide bonds. The Hall–Kier alpha value is -2.78. The number of hydrogen-bond donors (Lipinski definition) is 0. The average Bonchev–Trinajstić information content (AvgIpc) is 3.36. The molecule has 0 atom stereocenters. The summed E-state index contributed by atoms with van der Waals surface area (Å²) in [4.78, 5) is 27.8. The summed E-state index contributed by atoms with van der Waals surface area (Å²) in [6, 6.07) is 7.83. The molecule has 0 radical (unpaired) electrons. The summed E-state index contributed by atoms with van der Waals surface area (Å²) >= 11 is 6.47. The molecule has 0 N–H and O–H groups in total. The van der Waals surface area contributed by atoms with Gasteiger partial charge in [-0.2, -0.15) is 0 Å². The third-order valence-corrected chi connectivity index (χ3v) is 9.90. The van der Waals surface area contributed by atoms with E-state index in [0.29, 0.717) is 59.2 Å². The van der Waals surface area contributed by atoms with Crippen LogP contribution in [0.3, 0.4) is 0 Å². The van der Waals surface area contributed by atoms with Crippen molar-refractivity contribution in [3.8, 4) is 22.8 Å². The van der Waals surface area contributed by atoms with E-state index in [9.17, 15) is 9.59 Å². The standard InChI is InChI=1S/C32H39NO6S2/c1-19(34)38-7-5-6-22-15-28(23-13-26(36-3)16-27(14-23)37-4)39-29(22)17-30(41-18-40)32(35)33(2)31-24-9-20-8-21(11-24)12-25(31)10-20/h13-18,20-21,24-25,31H,5-12H2,1-4H3/b30-17-. The molecule has 1 aromatic carbocycles. The van der Waals surface area contributed by atoms with Gasteiger partial charge in [0.05, 0.1) is 25.7 Å². The van der Waals surface area contributed by atoms with Crippen LogP contribution in [0.2, 0.25) is 0 Å². The third-order valence-electron chi connectivity index (χ3n) is 8.97. The molecule has 0 spiro atoms.